The maximum Gasteiger partial charge on any atom is 0.416 e. The molecule has 0 saturated heterocycles. The highest BCUT2D eigenvalue weighted by Gasteiger charge is 2.30. The summed E-state index contributed by atoms with van der Waals surface area (Å²) in [5, 5.41) is 9.46. The van der Waals surface area contributed by atoms with Gasteiger partial charge in [-0.15, -0.1) is 0 Å². The molecule has 0 heterocycles. The van der Waals surface area contributed by atoms with Gasteiger partial charge in [0.15, 0.2) is 0 Å². The quantitative estimate of drug-likeness (QED) is 0.856. The van der Waals surface area contributed by atoms with Crippen LogP contribution >= 0.6 is 0 Å². The van der Waals surface area contributed by atoms with Gasteiger partial charge in [0, 0.05) is 5.56 Å². The Kier molecular flexibility index (Phi) is 4.97. The summed E-state index contributed by atoms with van der Waals surface area (Å²) in [5.74, 6) is -0.930. The summed E-state index contributed by atoms with van der Waals surface area (Å²) in [6, 6.07) is 2.65. The average Bonchev–Trinajstić information content (AvgIpc) is 2.30. The minimum atomic E-state index is -4.50. The molecule has 1 N–H and O–H groups in total. The smallest absolute Gasteiger partial charge is 0.416 e. The number of hydrogen-bond donors (Lipinski definition) is 1. The van der Waals surface area contributed by atoms with Gasteiger partial charge in [0.25, 0.3) is 0 Å². The van der Waals surface area contributed by atoms with Crippen molar-refractivity contribution in [2.75, 3.05) is 6.61 Å². The van der Waals surface area contributed by atoms with E-state index in [2.05, 4.69) is 4.74 Å². The number of rotatable bonds is 4. The Balaban J connectivity index is 2.75. The molecule has 0 amide bonds. The molecule has 0 unspecified atom stereocenters. The second kappa shape index (κ2) is 6.26. The molecular formula is C13H13F3O3. The Hall–Kier alpha value is -1.98. The molecule has 1 rings (SSSR count). The minimum Gasteiger partial charge on any atom is -0.507 e. The molecule has 0 aliphatic carbocycles. The van der Waals surface area contributed by atoms with Crippen LogP contribution in [0, 0.1) is 0 Å². The third kappa shape index (κ3) is 4.65. The number of benzene rings is 1. The first-order valence-corrected chi connectivity index (χ1v) is 5.57. The van der Waals surface area contributed by atoms with Gasteiger partial charge in [-0.1, -0.05) is 18.2 Å². The number of hydrogen-bond acceptors (Lipinski definition) is 3. The number of aromatic hydroxyl groups is 1. The van der Waals surface area contributed by atoms with E-state index in [0.717, 1.165) is 12.1 Å². The maximum absolute atomic E-state index is 12.4. The number of esters is 1. The average molecular weight is 274 g/mol. The van der Waals surface area contributed by atoms with Crippen molar-refractivity contribution in [3.63, 3.8) is 0 Å². The normalized spacial score (nSPS) is 11.8. The van der Waals surface area contributed by atoms with E-state index in [4.69, 9.17) is 0 Å². The third-order valence-corrected chi connectivity index (χ3v) is 2.25. The largest absolute Gasteiger partial charge is 0.507 e. The number of halogens is 3. The molecule has 0 radical (unpaired) electrons. The number of phenolic OH excluding ortho intramolecular Hbond substituents is 1. The highest BCUT2D eigenvalue weighted by atomic mass is 19.4. The van der Waals surface area contributed by atoms with Crippen molar-refractivity contribution < 1.29 is 27.8 Å². The lowest BCUT2D eigenvalue weighted by molar-refractivity contribution is -0.142. The first kappa shape index (κ1) is 15.1. The Labute approximate surface area is 108 Å². The summed E-state index contributed by atoms with van der Waals surface area (Å²) in [6.07, 6.45) is -1.72. The highest BCUT2D eigenvalue weighted by Crippen LogP contribution is 2.32. The molecule has 0 bridgehead atoms. The van der Waals surface area contributed by atoms with Gasteiger partial charge in [-0.25, -0.2) is 0 Å². The van der Waals surface area contributed by atoms with Crippen molar-refractivity contribution in [1.29, 1.82) is 0 Å². The predicted octanol–water partition coefficient (Wildman–Crippen LogP) is 3.38. The minimum absolute atomic E-state index is 0.00565. The fourth-order valence-corrected chi connectivity index (χ4v) is 1.36. The van der Waals surface area contributed by atoms with Crippen molar-refractivity contribution in [2.24, 2.45) is 0 Å². The topological polar surface area (TPSA) is 46.5 Å². The monoisotopic (exact) mass is 274 g/mol. The number of carbonyl (C=O) groups excluding carboxylic acids is 1. The van der Waals surface area contributed by atoms with E-state index in [1.807, 2.05) is 0 Å². The van der Waals surface area contributed by atoms with E-state index in [1.165, 1.54) is 12.2 Å². The first-order chi connectivity index (χ1) is 8.84. The van der Waals surface area contributed by atoms with E-state index < -0.39 is 23.5 Å². The molecule has 0 fully saturated rings. The first-order valence-electron chi connectivity index (χ1n) is 5.57. The summed E-state index contributed by atoms with van der Waals surface area (Å²) in [7, 11) is 0. The van der Waals surface area contributed by atoms with Crippen molar-refractivity contribution in [3.8, 4) is 5.75 Å². The van der Waals surface area contributed by atoms with E-state index >= 15 is 0 Å². The molecule has 0 spiro atoms. The lowest BCUT2D eigenvalue weighted by Crippen LogP contribution is -2.04. The van der Waals surface area contributed by atoms with Crippen molar-refractivity contribution in [2.45, 2.75) is 19.5 Å². The molecule has 0 aliphatic rings. The molecule has 0 atom stereocenters. The standard InChI is InChI=1S/C13H13F3O3/c1-2-19-12(18)5-3-4-9-6-7-10(8-11(9)17)13(14,15)16/h3-4,6-8,17H,2,5H2,1H3. The van der Waals surface area contributed by atoms with Gasteiger partial charge in [0.2, 0.25) is 0 Å². The van der Waals surface area contributed by atoms with Gasteiger partial charge in [0.05, 0.1) is 18.6 Å². The predicted molar refractivity (Wildman–Crippen MR) is 63.4 cm³/mol. The summed E-state index contributed by atoms with van der Waals surface area (Å²) in [6.45, 7) is 1.93. The second-order valence-electron chi connectivity index (χ2n) is 3.68. The van der Waals surface area contributed by atoms with Gasteiger partial charge < -0.3 is 9.84 Å². The van der Waals surface area contributed by atoms with Gasteiger partial charge in [-0.2, -0.15) is 13.2 Å². The van der Waals surface area contributed by atoms with Crippen LogP contribution in [0.15, 0.2) is 24.3 Å². The zero-order chi connectivity index (χ0) is 14.5. The lowest BCUT2D eigenvalue weighted by Gasteiger charge is -2.08. The molecular weight excluding hydrogens is 261 g/mol. The van der Waals surface area contributed by atoms with Gasteiger partial charge in [-0.3, -0.25) is 4.79 Å². The van der Waals surface area contributed by atoms with Crippen LogP contribution in [-0.2, 0) is 15.7 Å². The van der Waals surface area contributed by atoms with Crippen molar-refractivity contribution in [1.82, 2.24) is 0 Å². The lowest BCUT2D eigenvalue weighted by atomic mass is 10.1. The van der Waals surface area contributed by atoms with E-state index in [0.29, 0.717) is 6.07 Å². The third-order valence-electron chi connectivity index (χ3n) is 2.25. The Bertz CT molecular complexity index is 479. The molecule has 104 valence electrons. The highest BCUT2D eigenvalue weighted by molar-refractivity contribution is 5.73. The van der Waals surface area contributed by atoms with Crippen LogP contribution in [-0.4, -0.2) is 17.7 Å². The van der Waals surface area contributed by atoms with Crippen LogP contribution < -0.4 is 0 Å². The summed E-state index contributed by atoms with van der Waals surface area (Å²) >= 11 is 0. The van der Waals surface area contributed by atoms with Crippen LogP contribution in [0.5, 0.6) is 5.75 Å². The molecule has 0 aromatic heterocycles. The van der Waals surface area contributed by atoms with Crippen LogP contribution in [0.25, 0.3) is 6.08 Å². The fourth-order valence-electron chi connectivity index (χ4n) is 1.36. The van der Waals surface area contributed by atoms with Crippen LogP contribution in [0.3, 0.4) is 0 Å². The zero-order valence-electron chi connectivity index (χ0n) is 10.2. The molecule has 1 aromatic carbocycles. The maximum atomic E-state index is 12.4. The number of alkyl halides is 3. The molecule has 6 heteroatoms. The Morgan fingerprint density at radius 1 is 1.42 bits per heavy atom. The fraction of sp³-hybridized carbons (Fsp3) is 0.308. The van der Waals surface area contributed by atoms with E-state index in [9.17, 15) is 23.1 Å². The van der Waals surface area contributed by atoms with Gasteiger partial charge in [0.1, 0.15) is 5.75 Å². The molecule has 0 saturated carbocycles. The van der Waals surface area contributed by atoms with Crippen LogP contribution in [0.4, 0.5) is 13.2 Å². The SMILES string of the molecule is CCOC(=O)CC=Cc1ccc(C(F)(F)F)cc1O. The number of carbonyl (C=O) groups is 1. The molecule has 1 aromatic rings. The summed E-state index contributed by atoms with van der Waals surface area (Å²) < 4.78 is 41.7. The van der Waals surface area contributed by atoms with Gasteiger partial charge in [-0.05, 0) is 19.1 Å². The zero-order valence-corrected chi connectivity index (χ0v) is 10.2. The van der Waals surface area contributed by atoms with E-state index in [1.54, 1.807) is 6.92 Å². The number of ether oxygens (including phenoxy) is 1. The molecule has 3 nitrogen and oxygen atoms in total. The molecule has 19 heavy (non-hydrogen) atoms. The van der Waals surface area contributed by atoms with E-state index in [-0.39, 0.29) is 18.6 Å². The number of phenols is 1. The summed E-state index contributed by atoms with van der Waals surface area (Å²) in [5.41, 5.74) is -0.718. The second-order valence-corrected chi connectivity index (χ2v) is 3.68. The van der Waals surface area contributed by atoms with Gasteiger partial charge >= 0.3 is 12.1 Å². The Morgan fingerprint density at radius 2 is 2.11 bits per heavy atom. The summed E-state index contributed by atoms with van der Waals surface area (Å²) in [4.78, 5) is 11.0. The Morgan fingerprint density at radius 3 is 2.63 bits per heavy atom. The molecule has 0 aliphatic heterocycles. The van der Waals surface area contributed by atoms with Crippen molar-refractivity contribution in [3.05, 3.63) is 35.4 Å². The van der Waals surface area contributed by atoms with Crippen LogP contribution in [0.1, 0.15) is 24.5 Å². The van der Waals surface area contributed by atoms with Crippen molar-refractivity contribution >= 4 is 12.0 Å². The van der Waals surface area contributed by atoms with Crippen LogP contribution in [0.2, 0.25) is 0 Å².